The molecule has 0 amide bonds. The molecule has 0 saturated carbocycles. The first-order valence-electron chi connectivity index (χ1n) is 6.69. The Bertz CT molecular complexity index is 385. The van der Waals surface area contributed by atoms with Gasteiger partial charge in [0.05, 0.1) is 5.69 Å². The van der Waals surface area contributed by atoms with E-state index in [9.17, 15) is 5.11 Å². The van der Waals surface area contributed by atoms with Gasteiger partial charge >= 0.3 is 0 Å². The second-order valence-electron chi connectivity index (χ2n) is 5.12. The Kier molecular flexibility index (Phi) is 3.43. The van der Waals surface area contributed by atoms with Crippen LogP contribution in [0.2, 0.25) is 0 Å². The van der Waals surface area contributed by atoms with Crippen molar-refractivity contribution in [2.45, 2.75) is 56.4 Å². The maximum absolute atomic E-state index is 9.90. The highest BCUT2D eigenvalue weighted by Crippen LogP contribution is 2.29. The van der Waals surface area contributed by atoms with Crippen LogP contribution in [-0.4, -0.2) is 25.7 Å². The van der Waals surface area contributed by atoms with Crippen molar-refractivity contribution in [1.29, 1.82) is 0 Å². The van der Waals surface area contributed by atoms with Gasteiger partial charge in [-0.25, -0.2) is 4.98 Å². The van der Waals surface area contributed by atoms with Gasteiger partial charge < -0.3 is 9.67 Å². The number of hydrogen-bond acceptors (Lipinski definition) is 3. The molecule has 0 radical (unpaired) electrons. The average Bonchev–Trinajstić information content (AvgIpc) is 2.74. The highest BCUT2D eigenvalue weighted by Gasteiger charge is 2.21. The third-order valence-corrected chi connectivity index (χ3v) is 5.15. The summed E-state index contributed by atoms with van der Waals surface area (Å²) < 4.78 is 1.98. The number of thioether (sulfide) groups is 1. The lowest BCUT2D eigenvalue weighted by molar-refractivity contribution is 0.0780. The number of aromatic nitrogens is 2. The van der Waals surface area contributed by atoms with Crippen molar-refractivity contribution in [2.75, 3.05) is 5.75 Å². The zero-order valence-electron chi connectivity index (χ0n) is 10.1. The number of nitrogens with zero attached hydrogens (tertiary/aromatic N) is 2. The molecule has 1 aromatic rings. The van der Waals surface area contributed by atoms with E-state index < -0.39 is 0 Å². The van der Waals surface area contributed by atoms with E-state index in [4.69, 9.17) is 0 Å². The van der Waals surface area contributed by atoms with Crippen LogP contribution in [0.4, 0.5) is 0 Å². The van der Waals surface area contributed by atoms with Gasteiger partial charge in [0.1, 0.15) is 12.1 Å². The molecule has 0 bridgehead atoms. The van der Waals surface area contributed by atoms with Gasteiger partial charge in [-0.1, -0.05) is 6.42 Å². The molecule has 2 atom stereocenters. The van der Waals surface area contributed by atoms with Gasteiger partial charge in [-0.3, -0.25) is 0 Å². The van der Waals surface area contributed by atoms with Crippen molar-refractivity contribution in [1.82, 2.24) is 9.55 Å². The van der Waals surface area contributed by atoms with Crippen LogP contribution in [0, 0.1) is 0 Å². The van der Waals surface area contributed by atoms with Crippen molar-refractivity contribution < 1.29 is 5.11 Å². The van der Waals surface area contributed by atoms with E-state index in [0.29, 0.717) is 0 Å². The molecule has 1 N–H and O–H groups in total. The summed E-state index contributed by atoms with van der Waals surface area (Å²) in [5.41, 5.74) is 1.18. The van der Waals surface area contributed by atoms with Crippen molar-refractivity contribution in [3.63, 3.8) is 0 Å². The first-order chi connectivity index (χ1) is 8.33. The summed E-state index contributed by atoms with van der Waals surface area (Å²) in [6.07, 6.45) is 9.86. The summed E-state index contributed by atoms with van der Waals surface area (Å²) in [6, 6.07) is 0. The maximum Gasteiger partial charge on any atom is 0.131 e. The Hall–Kier alpha value is -0.480. The van der Waals surface area contributed by atoms with Crippen LogP contribution in [0.5, 0.6) is 0 Å². The summed E-state index contributed by atoms with van der Waals surface area (Å²) in [6.45, 7) is 0. The average molecular weight is 252 g/mol. The summed E-state index contributed by atoms with van der Waals surface area (Å²) in [4.78, 5) is 4.68. The number of aliphatic hydroxyl groups excluding tert-OH is 1. The van der Waals surface area contributed by atoms with Gasteiger partial charge in [-0.15, -0.1) is 0 Å². The van der Waals surface area contributed by atoms with Crippen molar-refractivity contribution in [2.24, 2.45) is 0 Å². The van der Waals surface area contributed by atoms with E-state index in [1.165, 1.54) is 30.7 Å². The van der Waals surface area contributed by atoms with Gasteiger partial charge in [0.15, 0.2) is 0 Å². The Morgan fingerprint density at radius 2 is 2.29 bits per heavy atom. The van der Waals surface area contributed by atoms with Gasteiger partial charge in [-0.05, 0) is 31.4 Å². The predicted octanol–water partition coefficient (Wildman–Crippen LogP) is 2.54. The molecular weight excluding hydrogens is 232 g/mol. The molecular formula is C13H20N2OS. The molecule has 3 rings (SSSR count). The van der Waals surface area contributed by atoms with Crippen molar-refractivity contribution in [3.8, 4) is 0 Å². The van der Waals surface area contributed by atoms with E-state index in [1.807, 2.05) is 4.57 Å². The zero-order chi connectivity index (χ0) is 11.7. The number of fused-ring (bicyclic) bond motifs is 1. The second kappa shape index (κ2) is 5.02. The standard InChI is InChI=1S/C13H20N2OS/c16-13-6-3-5-12-14-10(9-15(12)13)8-11-4-1-2-7-17-11/h9,11,13,16H,1-8H2. The number of aryl methyl sites for hydroxylation is 1. The van der Waals surface area contributed by atoms with Crippen LogP contribution in [-0.2, 0) is 12.8 Å². The Balaban J connectivity index is 1.71. The van der Waals surface area contributed by atoms with Crippen LogP contribution in [0.3, 0.4) is 0 Å². The largest absolute Gasteiger partial charge is 0.373 e. The molecule has 1 saturated heterocycles. The summed E-state index contributed by atoms with van der Waals surface area (Å²) in [5, 5.41) is 10.6. The molecule has 1 aromatic heterocycles. The molecule has 94 valence electrons. The summed E-state index contributed by atoms with van der Waals surface area (Å²) >= 11 is 2.09. The zero-order valence-corrected chi connectivity index (χ0v) is 11.0. The maximum atomic E-state index is 9.90. The molecule has 4 heteroatoms. The quantitative estimate of drug-likeness (QED) is 0.879. The Labute approximate surface area is 107 Å². The van der Waals surface area contributed by atoms with Gasteiger partial charge in [0.25, 0.3) is 0 Å². The molecule has 0 spiro atoms. The van der Waals surface area contributed by atoms with Crippen LogP contribution in [0.25, 0.3) is 0 Å². The van der Waals surface area contributed by atoms with Gasteiger partial charge in [0, 0.05) is 24.3 Å². The molecule has 2 aliphatic heterocycles. The highest BCUT2D eigenvalue weighted by atomic mass is 32.2. The third-order valence-electron chi connectivity index (χ3n) is 3.75. The predicted molar refractivity (Wildman–Crippen MR) is 70.2 cm³/mol. The first-order valence-corrected chi connectivity index (χ1v) is 7.74. The molecule has 2 unspecified atom stereocenters. The number of hydrogen-bond donors (Lipinski definition) is 1. The summed E-state index contributed by atoms with van der Waals surface area (Å²) in [7, 11) is 0. The molecule has 1 fully saturated rings. The number of imidazole rings is 1. The van der Waals surface area contributed by atoms with E-state index in [1.54, 1.807) is 0 Å². The van der Waals surface area contributed by atoms with E-state index in [-0.39, 0.29) is 6.23 Å². The molecule has 3 nitrogen and oxygen atoms in total. The lowest BCUT2D eigenvalue weighted by Gasteiger charge is -2.20. The molecule has 2 aliphatic rings. The lowest BCUT2D eigenvalue weighted by atomic mass is 10.1. The number of rotatable bonds is 2. The third kappa shape index (κ3) is 2.52. The molecule has 17 heavy (non-hydrogen) atoms. The fourth-order valence-corrected chi connectivity index (χ4v) is 4.14. The van der Waals surface area contributed by atoms with Gasteiger partial charge in [-0.2, -0.15) is 11.8 Å². The molecule has 0 aliphatic carbocycles. The minimum Gasteiger partial charge on any atom is -0.373 e. The smallest absolute Gasteiger partial charge is 0.131 e. The summed E-state index contributed by atoms with van der Waals surface area (Å²) in [5.74, 6) is 2.39. The van der Waals surface area contributed by atoms with E-state index in [0.717, 1.165) is 36.8 Å². The fourth-order valence-electron chi connectivity index (χ4n) is 2.81. The first kappa shape index (κ1) is 11.6. The normalized spacial score (nSPS) is 29.0. The van der Waals surface area contributed by atoms with Crippen LogP contribution >= 0.6 is 11.8 Å². The van der Waals surface area contributed by atoms with E-state index in [2.05, 4.69) is 22.9 Å². The minimum atomic E-state index is -0.334. The van der Waals surface area contributed by atoms with Gasteiger partial charge in [0.2, 0.25) is 0 Å². The number of aliphatic hydroxyl groups is 1. The monoisotopic (exact) mass is 252 g/mol. The molecule has 0 aromatic carbocycles. The Morgan fingerprint density at radius 3 is 3.06 bits per heavy atom. The fraction of sp³-hybridized carbons (Fsp3) is 0.769. The molecule has 3 heterocycles. The van der Waals surface area contributed by atoms with E-state index >= 15 is 0 Å². The lowest BCUT2D eigenvalue weighted by Crippen LogP contribution is -2.16. The van der Waals surface area contributed by atoms with Crippen LogP contribution in [0.1, 0.15) is 49.9 Å². The Morgan fingerprint density at radius 1 is 1.35 bits per heavy atom. The van der Waals surface area contributed by atoms with Crippen molar-refractivity contribution >= 4 is 11.8 Å². The highest BCUT2D eigenvalue weighted by molar-refractivity contribution is 7.99. The van der Waals surface area contributed by atoms with Crippen molar-refractivity contribution in [3.05, 3.63) is 17.7 Å². The minimum absolute atomic E-state index is 0.334. The SMILES string of the molecule is OC1CCCc2nc(CC3CCCCS3)cn21. The van der Waals surface area contributed by atoms with Crippen LogP contribution in [0.15, 0.2) is 6.20 Å². The topological polar surface area (TPSA) is 38.1 Å². The second-order valence-corrected chi connectivity index (χ2v) is 6.53. The van der Waals surface area contributed by atoms with Crippen LogP contribution < -0.4 is 0 Å².